The summed E-state index contributed by atoms with van der Waals surface area (Å²) in [4.78, 5) is 22.4. The summed E-state index contributed by atoms with van der Waals surface area (Å²) in [5, 5.41) is 11.6. The Balaban J connectivity index is 4.21. The van der Waals surface area contributed by atoms with E-state index in [1.54, 1.807) is 7.11 Å². The highest BCUT2D eigenvalue weighted by Crippen LogP contribution is 2.20. The summed E-state index contributed by atoms with van der Waals surface area (Å²) in [6.45, 7) is 5.44. The van der Waals surface area contributed by atoms with Crippen LogP contribution in [0.3, 0.4) is 0 Å². The van der Waals surface area contributed by atoms with Gasteiger partial charge in [-0.25, -0.2) is 0 Å². The van der Waals surface area contributed by atoms with Crippen LogP contribution in [0.25, 0.3) is 0 Å². The van der Waals surface area contributed by atoms with Gasteiger partial charge in [0.25, 0.3) is 0 Å². The second-order valence-electron chi connectivity index (χ2n) is 4.49. The number of rotatable bonds is 7. The predicted molar refractivity (Wildman–Crippen MR) is 60.1 cm³/mol. The molecule has 0 aliphatic heterocycles. The van der Waals surface area contributed by atoms with Gasteiger partial charge in [0.2, 0.25) is 5.91 Å². The summed E-state index contributed by atoms with van der Waals surface area (Å²) in [6, 6.07) is -0.0536. The van der Waals surface area contributed by atoms with Gasteiger partial charge < -0.3 is 15.2 Å². The standard InChI is InChI=1S/C11H21NO4/c1-5-8(7-16-4)12-9(13)6-11(2,3)10(14)15/h8H,5-7H2,1-4H3,(H,12,13)(H,14,15). The number of methoxy groups -OCH3 is 1. The van der Waals surface area contributed by atoms with Crippen LogP contribution < -0.4 is 5.32 Å². The molecule has 2 N–H and O–H groups in total. The predicted octanol–water partition coefficient (Wildman–Crippen LogP) is 1.03. The Morgan fingerprint density at radius 3 is 2.38 bits per heavy atom. The lowest BCUT2D eigenvalue weighted by Gasteiger charge is -2.21. The largest absolute Gasteiger partial charge is 0.481 e. The summed E-state index contributed by atoms with van der Waals surface area (Å²) in [5.41, 5.74) is -1.03. The molecule has 1 atom stereocenters. The number of carboxylic acid groups (broad SMARTS) is 1. The summed E-state index contributed by atoms with van der Waals surface area (Å²) in [5.74, 6) is -1.22. The average Bonchev–Trinajstić information content (AvgIpc) is 2.15. The monoisotopic (exact) mass is 231 g/mol. The minimum absolute atomic E-state index is 0.0253. The van der Waals surface area contributed by atoms with Crippen LogP contribution in [0.15, 0.2) is 0 Å². The molecular weight excluding hydrogens is 210 g/mol. The van der Waals surface area contributed by atoms with Gasteiger partial charge in [0.05, 0.1) is 18.1 Å². The quantitative estimate of drug-likeness (QED) is 0.686. The van der Waals surface area contributed by atoms with Gasteiger partial charge in [-0.05, 0) is 20.3 Å². The molecule has 0 saturated heterocycles. The van der Waals surface area contributed by atoms with Crippen molar-refractivity contribution in [2.75, 3.05) is 13.7 Å². The second kappa shape index (κ2) is 6.48. The smallest absolute Gasteiger partial charge is 0.309 e. The number of ether oxygens (including phenoxy) is 1. The molecule has 1 unspecified atom stereocenters. The van der Waals surface area contributed by atoms with E-state index in [1.807, 2.05) is 6.92 Å². The molecule has 0 bridgehead atoms. The van der Waals surface area contributed by atoms with Crippen LogP contribution in [0.5, 0.6) is 0 Å². The zero-order chi connectivity index (χ0) is 12.8. The van der Waals surface area contributed by atoms with E-state index in [0.717, 1.165) is 6.42 Å². The highest BCUT2D eigenvalue weighted by molar-refractivity contribution is 5.84. The van der Waals surface area contributed by atoms with Gasteiger partial charge in [0, 0.05) is 13.5 Å². The molecule has 0 aromatic heterocycles. The molecule has 0 saturated carbocycles. The number of carbonyl (C=O) groups excluding carboxylic acids is 1. The molecule has 94 valence electrons. The number of amides is 1. The maximum Gasteiger partial charge on any atom is 0.309 e. The molecule has 0 heterocycles. The van der Waals surface area contributed by atoms with E-state index in [2.05, 4.69) is 5.32 Å². The molecule has 0 rings (SSSR count). The van der Waals surface area contributed by atoms with E-state index < -0.39 is 11.4 Å². The van der Waals surface area contributed by atoms with Gasteiger partial charge in [0.15, 0.2) is 0 Å². The van der Waals surface area contributed by atoms with Crippen LogP contribution in [0.2, 0.25) is 0 Å². The van der Waals surface area contributed by atoms with E-state index in [-0.39, 0.29) is 18.4 Å². The van der Waals surface area contributed by atoms with Gasteiger partial charge in [-0.3, -0.25) is 9.59 Å². The van der Waals surface area contributed by atoms with Crippen molar-refractivity contribution < 1.29 is 19.4 Å². The zero-order valence-electron chi connectivity index (χ0n) is 10.4. The number of carboxylic acids is 1. The molecule has 0 fully saturated rings. The van der Waals surface area contributed by atoms with Crippen molar-refractivity contribution in [2.45, 2.75) is 39.7 Å². The van der Waals surface area contributed by atoms with Crippen LogP contribution in [-0.4, -0.2) is 36.7 Å². The minimum atomic E-state index is -1.03. The highest BCUT2D eigenvalue weighted by Gasteiger charge is 2.30. The third kappa shape index (κ3) is 5.11. The van der Waals surface area contributed by atoms with Crippen molar-refractivity contribution in [1.29, 1.82) is 0 Å². The van der Waals surface area contributed by atoms with Crippen molar-refractivity contribution in [2.24, 2.45) is 5.41 Å². The first-order chi connectivity index (χ1) is 7.33. The number of carbonyl (C=O) groups is 2. The van der Waals surface area contributed by atoms with Crippen molar-refractivity contribution in [1.82, 2.24) is 5.32 Å². The Kier molecular flexibility index (Phi) is 6.03. The van der Waals surface area contributed by atoms with Crippen LogP contribution in [0.1, 0.15) is 33.6 Å². The van der Waals surface area contributed by atoms with Crippen molar-refractivity contribution in [3.63, 3.8) is 0 Å². The maximum absolute atomic E-state index is 11.6. The van der Waals surface area contributed by atoms with Crippen LogP contribution >= 0.6 is 0 Å². The topological polar surface area (TPSA) is 75.6 Å². The van der Waals surface area contributed by atoms with Crippen LogP contribution in [0.4, 0.5) is 0 Å². The first-order valence-corrected chi connectivity index (χ1v) is 5.35. The van der Waals surface area contributed by atoms with E-state index in [4.69, 9.17) is 9.84 Å². The average molecular weight is 231 g/mol. The fraction of sp³-hybridized carbons (Fsp3) is 0.818. The fourth-order valence-electron chi connectivity index (χ4n) is 1.22. The highest BCUT2D eigenvalue weighted by atomic mass is 16.5. The molecule has 0 radical (unpaired) electrons. The molecule has 0 aromatic rings. The first kappa shape index (κ1) is 14.9. The van der Waals surface area contributed by atoms with Gasteiger partial charge in [0.1, 0.15) is 0 Å². The molecule has 0 aromatic carbocycles. The lowest BCUT2D eigenvalue weighted by atomic mass is 9.89. The lowest BCUT2D eigenvalue weighted by Crippen LogP contribution is -2.40. The van der Waals surface area contributed by atoms with Crippen LogP contribution in [0, 0.1) is 5.41 Å². The normalized spacial score (nSPS) is 13.2. The number of hydrogen-bond donors (Lipinski definition) is 2. The lowest BCUT2D eigenvalue weighted by molar-refractivity contribution is -0.149. The zero-order valence-corrected chi connectivity index (χ0v) is 10.4. The second-order valence-corrected chi connectivity index (χ2v) is 4.49. The summed E-state index contributed by atoms with van der Waals surface area (Å²) >= 11 is 0. The number of hydrogen-bond acceptors (Lipinski definition) is 3. The molecule has 0 aliphatic carbocycles. The summed E-state index contributed by atoms with van der Waals surface area (Å²) in [7, 11) is 1.57. The minimum Gasteiger partial charge on any atom is -0.481 e. The SMILES string of the molecule is CCC(COC)NC(=O)CC(C)(C)C(=O)O. The Labute approximate surface area is 96.2 Å². The van der Waals surface area contributed by atoms with Crippen molar-refractivity contribution in [3.05, 3.63) is 0 Å². The van der Waals surface area contributed by atoms with E-state index in [1.165, 1.54) is 13.8 Å². The summed E-state index contributed by atoms with van der Waals surface area (Å²) < 4.78 is 4.94. The van der Waals surface area contributed by atoms with E-state index in [9.17, 15) is 9.59 Å². The van der Waals surface area contributed by atoms with E-state index in [0.29, 0.717) is 6.61 Å². The van der Waals surface area contributed by atoms with Gasteiger partial charge in [-0.15, -0.1) is 0 Å². The molecule has 5 heteroatoms. The number of nitrogens with one attached hydrogen (secondary N) is 1. The third-order valence-corrected chi connectivity index (χ3v) is 2.41. The third-order valence-electron chi connectivity index (χ3n) is 2.41. The molecule has 0 aliphatic rings. The Bertz CT molecular complexity index is 250. The maximum atomic E-state index is 11.6. The number of aliphatic carboxylic acids is 1. The van der Waals surface area contributed by atoms with E-state index >= 15 is 0 Å². The summed E-state index contributed by atoms with van der Waals surface area (Å²) in [6.07, 6.45) is 0.732. The molecular formula is C11H21NO4. The van der Waals surface area contributed by atoms with Crippen molar-refractivity contribution >= 4 is 11.9 Å². The molecule has 1 amide bonds. The van der Waals surface area contributed by atoms with Gasteiger partial charge in [-0.2, -0.15) is 0 Å². The first-order valence-electron chi connectivity index (χ1n) is 5.35. The molecule has 5 nitrogen and oxygen atoms in total. The molecule has 16 heavy (non-hydrogen) atoms. The molecule has 0 spiro atoms. The Morgan fingerprint density at radius 1 is 1.44 bits per heavy atom. The van der Waals surface area contributed by atoms with Crippen molar-refractivity contribution in [3.8, 4) is 0 Å². The Morgan fingerprint density at radius 2 is 2.00 bits per heavy atom. The fourth-order valence-corrected chi connectivity index (χ4v) is 1.22. The Hall–Kier alpha value is -1.10. The van der Waals surface area contributed by atoms with Gasteiger partial charge >= 0.3 is 5.97 Å². The van der Waals surface area contributed by atoms with Gasteiger partial charge in [-0.1, -0.05) is 6.92 Å². The van der Waals surface area contributed by atoms with Crippen LogP contribution in [-0.2, 0) is 14.3 Å².